The van der Waals surface area contributed by atoms with Crippen LogP contribution in [0, 0.1) is 10.1 Å². The number of hydrogen-bond acceptors (Lipinski definition) is 7. The fourth-order valence-corrected chi connectivity index (χ4v) is 1.62. The Morgan fingerprint density at radius 3 is 2.33 bits per heavy atom. The van der Waals surface area contributed by atoms with Crippen LogP contribution in [0.1, 0.15) is 10.4 Å². The minimum atomic E-state index is -6.03. The quantitative estimate of drug-likeness (QED) is 0.271. The van der Waals surface area contributed by atoms with Crippen molar-refractivity contribution in [3.63, 3.8) is 0 Å². The van der Waals surface area contributed by atoms with Crippen molar-refractivity contribution >= 4 is 21.8 Å². The van der Waals surface area contributed by atoms with E-state index < -0.39 is 43.5 Å². The van der Waals surface area contributed by atoms with Crippen molar-refractivity contribution in [2.75, 3.05) is 7.11 Å². The maximum atomic E-state index is 12.2. The lowest BCUT2D eigenvalue weighted by Crippen LogP contribution is -2.28. The van der Waals surface area contributed by atoms with E-state index >= 15 is 0 Å². The number of nitrogens with zero attached hydrogens (tertiary/aromatic N) is 1. The van der Waals surface area contributed by atoms with E-state index in [9.17, 15) is 36.5 Å². The number of non-ortho nitro benzene ring substituents is 1. The zero-order valence-corrected chi connectivity index (χ0v) is 10.9. The summed E-state index contributed by atoms with van der Waals surface area (Å²) >= 11 is 0. The highest BCUT2D eigenvalue weighted by atomic mass is 32.2. The van der Waals surface area contributed by atoms with E-state index in [1.165, 1.54) is 0 Å². The second-order valence-electron chi connectivity index (χ2n) is 3.41. The molecule has 0 saturated heterocycles. The fraction of sp³-hybridized carbons (Fsp3) is 0.222. The molecule has 0 bridgehead atoms. The monoisotopic (exact) mass is 329 g/mol. The molecule has 0 N–H and O–H groups in total. The van der Waals surface area contributed by atoms with E-state index in [-0.39, 0.29) is 0 Å². The van der Waals surface area contributed by atoms with Gasteiger partial charge in [0, 0.05) is 12.1 Å². The van der Waals surface area contributed by atoms with Crippen molar-refractivity contribution in [3.8, 4) is 5.75 Å². The van der Waals surface area contributed by atoms with E-state index in [0.717, 1.165) is 7.11 Å². The van der Waals surface area contributed by atoms with Crippen LogP contribution in [0.25, 0.3) is 0 Å². The molecule has 1 aromatic carbocycles. The number of methoxy groups -OCH3 is 1. The summed E-state index contributed by atoms with van der Waals surface area (Å²) in [5, 5.41) is 10.5. The summed E-state index contributed by atoms with van der Waals surface area (Å²) in [5.74, 6) is -2.34. The number of benzene rings is 1. The first-order chi connectivity index (χ1) is 9.49. The minimum Gasteiger partial charge on any atom is -0.465 e. The third-order valence-electron chi connectivity index (χ3n) is 2.06. The van der Waals surface area contributed by atoms with Crippen LogP contribution in [0.3, 0.4) is 0 Å². The Kier molecular flexibility index (Phi) is 4.41. The standard InChI is InChI=1S/C9H6F3NO7S/c1-19-8(14)6-4-5(13(15)16)2-3-7(6)20-21(17,18)9(10,11)12/h2-4H,1H3. The van der Waals surface area contributed by atoms with Gasteiger partial charge in [0.1, 0.15) is 5.56 Å². The molecule has 0 spiro atoms. The fourth-order valence-electron chi connectivity index (χ4n) is 1.14. The number of nitro groups is 1. The molecule has 0 aliphatic rings. The molecule has 0 aromatic heterocycles. The van der Waals surface area contributed by atoms with Gasteiger partial charge in [-0.15, -0.1) is 0 Å². The first-order valence-electron chi connectivity index (χ1n) is 4.87. The number of rotatable bonds is 4. The van der Waals surface area contributed by atoms with Crippen LogP contribution in [0.2, 0.25) is 0 Å². The number of carbonyl (C=O) groups excluding carboxylic acids is 1. The minimum absolute atomic E-state index is 0.535. The molecule has 0 atom stereocenters. The Morgan fingerprint density at radius 2 is 1.90 bits per heavy atom. The maximum Gasteiger partial charge on any atom is 0.534 e. The number of carbonyl (C=O) groups is 1. The number of halogens is 3. The molecule has 0 saturated carbocycles. The van der Waals surface area contributed by atoms with Crippen molar-refractivity contribution in [3.05, 3.63) is 33.9 Å². The number of alkyl halides is 3. The van der Waals surface area contributed by atoms with Crippen LogP contribution in [-0.2, 0) is 14.9 Å². The van der Waals surface area contributed by atoms with Crippen LogP contribution in [0.5, 0.6) is 5.75 Å². The largest absolute Gasteiger partial charge is 0.534 e. The number of ether oxygens (including phenoxy) is 1. The van der Waals surface area contributed by atoms with E-state index in [1.807, 2.05) is 0 Å². The summed E-state index contributed by atoms with van der Waals surface area (Å²) in [6, 6.07) is 1.76. The van der Waals surface area contributed by atoms with Crippen molar-refractivity contribution < 1.29 is 40.2 Å². The number of esters is 1. The van der Waals surface area contributed by atoms with Crippen LogP contribution in [0.4, 0.5) is 18.9 Å². The van der Waals surface area contributed by atoms with E-state index in [0.29, 0.717) is 18.2 Å². The van der Waals surface area contributed by atoms with Gasteiger partial charge in [-0.05, 0) is 6.07 Å². The zero-order valence-electron chi connectivity index (χ0n) is 10.1. The molecular weight excluding hydrogens is 323 g/mol. The summed E-state index contributed by atoms with van der Waals surface area (Å²) < 4.78 is 66.3. The smallest absolute Gasteiger partial charge is 0.465 e. The highest BCUT2D eigenvalue weighted by Crippen LogP contribution is 2.31. The van der Waals surface area contributed by atoms with Crippen LogP contribution in [0.15, 0.2) is 18.2 Å². The molecule has 0 radical (unpaired) electrons. The SMILES string of the molecule is COC(=O)c1cc([N+](=O)[O-])ccc1OS(=O)(=O)C(F)(F)F. The van der Waals surface area contributed by atoms with Gasteiger partial charge in [-0.3, -0.25) is 10.1 Å². The first-order valence-corrected chi connectivity index (χ1v) is 6.28. The lowest BCUT2D eigenvalue weighted by Gasteiger charge is -2.11. The Hall–Kier alpha value is -2.37. The van der Waals surface area contributed by atoms with Gasteiger partial charge in [0.05, 0.1) is 12.0 Å². The normalized spacial score (nSPS) is 11.8. The Balaban J connectivity index is 3.37. The molecule has 0 fully saturated rings. The lowest BCUT2D eigenvalue weighted by molar-refractivity contribution is -0.384. The van der Waals surface area contributed by atoms with E-state index in [2.05, 4.69) is 8.92 Å². The molecule has 1 rings (SSSR count). The van der Waals surface area contributed by atoms with Gasteiger partial charge < -0.3 is 8.92 Å². The predicted molar refractivity (Wildman–Crippen MR) is 60.0 cm³/mol. The highest BCUT2D eigenvalue weighted by molar-refractivity contribution is 7.88. The molecule has 0 aliphatic carbocycles. The van der Waals surface area contributed by atoms with Crippen molar-refractivity contribution in [1.82, 2.24) is 0 Å². The van der Waals surface area contributed by atoms with Crippen LogP contribution in [-0.4, -0.2) is 31.9 Å². The van der Waals surface area contributed by atoms with Gasteiger partial charge in [-0.25, -0.2) is 4.79 Å². The molecular formula is C9H6F3NO7S. The highest BCUT2D eigenvalue weighted by Gasteiger charge is 2.49. The average molecular weight is 329 g/mol. The third kappa shape index (κ3) is 3.59. The molecule has 0 amide bonds. The van der Waals surface area contributed by atoms with E-state index in [1.54, 1.807) is 0 Å². The molecule has 8 nitrogen and oxygen atoms in total. The van der Waals surface area contributed by atoms with Gasteiger partial charge in [0.2, 0.25) is 0 Å². The van der Waals surface area contributed by atoms with Crippen molar-refractivity contribution in [1.29, 1.82) is 0 Å². The third-order valence-corrected chi connectivity index (χ3v) is 3.03. The Labute approximate surface area is 115 Å². The molecule has 0 heterocycles. The van der Waals surface area contributed by atoms with Crippen LogP contribution >= 0.6 is 0 Å². The van der Waals surface area contributed by atoms with Crippen molar-refractivity contribution in [2.45, 2.75) is 5.51 Å². The summed E-state index contributed by atoms with van der Waals surface area (Å²) in [6.07, 6.45) is 0. The van der Waals surface area contributed by atoms with E-state index in [4.69, 9.17) is 0 Å². The lowest BCUT2D eigenvalue weighted by atomic mass is 10.2. The second-order valence-corrected chi connectivity index (χ2v) is 4.95. The summed E-state index contributed by atoms with van der Waals surface area (Å²) in [6.45, 7) is 0. The molecule has 116 valence electrons. The predicted octanol–water partition coefficient (Wildman–Crippen LogP) is 1.61. The Bertz CT molecular complexity index is 683. The average Bonchev–Trinajstić information content (AvgIpc) is 2.36. The molecule has 1 aromatic rings. The number of hydrogen-bond donors (Lipinski definition) is 0. The van der Waals surface area contributed by atoms with Gasteiger partial charge in [-0.2, -0.15) is 21.6 Å². The first kappa shape index (κ1) is 16.7. The molecule has 12 heteroatoms. The molecule has 0 aliphatic heterocycles. The second kappa shape index (κ2) is 5.55. The van der Waals surface area contributed by atoms with Gasteiger partial charge in [-0.1, -0.05) is 0 Å². The molecule has 21 heavy (non-hydrogen) atoms. The maximum absolute atomic E-state index is 12.2. The topological polar surface area (TPSA) is 113 Å². The van der Waals surface area contributed by atoms with Gasteiger partial charge in [0.15, 0.2) is 5.75 Å². The summed E-state index contributed by atoms with van der Waals surface area (Å²) in [5.41, 5.74) is -7.21. The van der Waals surface area contributed by atoms with Crippen molar-refractivity contribution in [2.24, 2.45) is 0 Å². The van der Waals surface area contributed by atoms with Gasteiger partial charge in [0.25, 0.3) is 5.69 Å². The van der Waals surface area contributed by atoms with Crippen LogP contribution < -0.4 is 4.18 Å². The van der Waals surface area contributed by atoms with Gasteiger partial charge >= 0.3 is 21.6 Å². The number of nitro benzene ring substituents is 1. The zero-order chi connectivity index (χ0) is 16.4. The molecule has 0 unspecified atom stereocenters. The summed E-state index contributed by atoms with van der Waals surface area (Å²) in [4.78, 5) is 20.9. The Morgan fingerprint density at radius 1 is 1.33 bits per heavy atom. The summed E-state index contributed by atoms with van der Waals surface area (Å²) in [7, 11) is -5.18.